The van der Waals surface area contributed by atoms with Crippen LogP contribution in [0.1, 0.15) is 0 Å². The third-order valence-corrected chi connectivity index (χ3v) is 2.36. The first-order valence-corrected chi connectivity index (χ1v) is 5.05. The standard InChI is InChI=1S/C13H14NO2.HI/c1-15-12-9-6-10-14(13(12)16-2)11-7-4-3-5-8-11;/h3-10H,1-2H3;1H/q+1;/p-1. The van der Waals surface area contributed by atoms with E-state index in [0.29, 0.717) is 11.6 Å². The minimum atomic E-state index is 0. The second-order valence-electron chi connectivity index (χ2n) is 3.29. The van der Waals surface area contributed by atoms with Crippen LogP contribution in [-0.4, -0.2) is 14.2 Å². The van der Waals surface area contributed by atoms with Crippen LogP contribution < -0.4 is 38.0 Å². The maximum atomic E-state index is 5.36. The van der Waals surface area contributed by atoms with E-state index in [2.05, 4.69) is 0 Å². The number of hydrogen-bond donors (Lipinski definition) is 0. The molecule has 2 rings (SSSR count). The molecule has 0 fully saturated rings. The predicted octanol–water partition coefficient (Wildman–Crippen LogP) is -1.02. The van der Waals surface area contributed by atoms with Crippen LogP contribution in [0.5, 0.6) is 11.6 Å². The van der Waals surface area contributed by atoms with Crippen LogP contribution in [0.15, 0.2) is 48.7 Å². The molecule has 0 bridgehead atoms. The van der Waals surface area contributed by atoms with Gasteiger partial charge in [0.1, 0.15) is 0 Å². The van der Waals surface area contributed by atoms with E-state index in [-0.39, 0.29) is 24.0 Å². The molecule has 0 amide bonds. The Labute approximate surface area is 118 Å². The minimum absolute atomic E-state index is 0. The summed E-state index contributed by atoms with van der Waals surface area (Å²) in [7, 11) is 3.27. The van der Waals surface area contributed by atoms with Crippen molar-refractivity contribution in [2.24, 2.45) is 0 Å². The smallest absolute Gasteiger partial charge is 0.417 e. The summed E-state index contributed by atoms with van der Waals surface area (Å²) in [6.07, 6.45) is 1.94. The number of para-hydroxylation sites is 1. The van der Waals surface area contributed by atoms with Crippen LogP contribution in [0, 0.1) is 0 Å². The zero-order chi connectivity index (χ0) is 11.4. The van der Waals surface area contributed by atoms with Crippen molar-refractivity contribution in [2.45, 2.75) is 0 Å². The third-order valence-electron chi connectivity index (χ3n) is 2.36. The zero-order valence-electron chi connectivity index (χ0n) is 9.76. The molecule has 0 unspecified atom stereocenters. The first kappa shape index (κ1) is 13.8. The van der Waals surface area contributed by atoms with Gasteiger partial charge in [-0.05, 0) is 6.07 Å². The summed E-state index contributed by atoms with van der Waals surface area (Å²) in [4.78, 5) is 0. The van der Waals surface area contributed by atoms with Gasteiger partial charge in [-0.1, -0.05) is 18.2 Å². The molecule has 4 heteroatoms. The first-order chi connectivity index (χ1) is 7.86. The highest BCUT2D eigenvalue weighted by Crippen LogP contribution is 2.22. The second-order valence-corrected chi connectivity index (χ2v) is 3.29. The SMILES string of the molecule is COc1ccc[n+](-c2ccccc2)c1OC.[I-]. The van der Waals surface area contributed by atoms with E-state index in [1.165, 1.54) is 0 Å². The fourth-order valence-corrected chi connectivity index (χ4v) is 1.62. The summed E-state index contributed by atoms with van der Waals surface area (Å²) < 4.78 is 12.6. The Hall–Kier alpha value is -1.30. The number of benzene rings is 1. The average Bonchev–Trinajstić information content (AvgIpc) is 2.38. The first-order valence-electron chi connectivity index (χ1n) is 5.05. The van der Waals surface area contributed by atoms with Gasteiger partial charge < -0.3 is 33.5 Å². The Morgan fingerprint density at radius 1 is 0.882 bits per heavy atom. The van der Waals surface area contributed by atoms with E-state index in [0.717, 1.165) is 5.69 Å². The summed E-state index contributed by atoms with van der Waals surface area (Å²) >= 11 is 0. The van der Waals surface area contributed by atoms with Gasteiger partial charge in [0, 0.05) is 18.2 Å². The minimum Gasteiger partial charge on any atom is -1.00 e. The van der Waals surface area contributed by atoms with Gasteiger partial charge in [-0.2, -0.15) is 0 Å². The second kappa shape index (κ2) is 6.44. The van der Waals surface area contributed by atoms with Crippen LogP contribution in [0.3, 0.4) is 0 Å². The van der Waals surface area contributed by atoms with Gasteiger partial charge in [0.25, 0.3) is 0 Å². The number of rotatable bonds is 3. The van der Waals surface area contributed by atoms with Crippen LogP contribution >= 0.6 is 0 Å². The van der Waals surface area contributed by atoms with E-state index >= 15 is 0 Å². The Morgan fingerprint density at radius 3 is 2.18 bits per heavy atom. The van der Waals surface area contributed by atoms with Crippen LogP contribution in [0.4, 0.5) is 0 Å². The summed E-state index contributed by atoms with van der Waals surface area (Å²) in [5.41, 5.74) is 1.04. The topological polar surface area (TPSA) is 22.3 Å². The fourth-order valence-electron chi connectivity index (χ4n) is 1.62. The molecule has 90 valence electrons. The van der Waals surface area contributed by atoms with Gasteiger partial charge in [-0.3, -0.25) is 0 Å². The lowest BCUT2D eigenvalue weighted by Crippen LogP contribution is -3.00. The van der Waals surface area contributed by atoms with Crippen molar-refractivity contribution < 1.29 is 38.0 Å². The number of hydrogen-bond acceptors (Lipinski definition) is 2. The lowest BCUT2D eigenvalue weighted by molar-refractivity contribution is -0.603. The summed E-state index contributed by atoms with van der Waals surface area (Å²) in [6.45, 7) is 0. The van der Waals surface area contributed by atoms with E-state index in [1.54, 1.807) is 14.2 Å². The van der Waals surface area contributed by atoms with E-state index < -0.39 is 0 Å². The van der Waals surface area contributed by atoms with Gasteiger partial charge in [0.15, 0.2) is 6.20 Å². The lowest BCUT2D eigenvalue weighted by Gasteiger charge is -2.05. The van der Waals surface area contributed by atoms with Crippen LogP contribution in [-0.2, 0) is 0 Å². The van der Waals surface area contributed by atoms with Crippen molar-refractivity contribution in [1.82, 2.24) is 0 Å². The van der Waals surface area contributed by atoms with Gasteiger partial charge in [0.2, 0.25) is 11.4 Å². The normalized spacial score (nSPS) is 9.29. The molecule has 17 heavy (non-hydrogen) atoms. The molecule has 0 atom stereocenters. The van der Waals surface area contributed by atoms with Gasteiger partial charge in [-0.15, -0.1) is 4.57 Å². The summed E-state index contributed by atoms with van der Waals surface area (Å²) in [5, 5.41) is 0. The molecule has 0 radical (unpaired) electrons. The zero-order valence-corrected chi connectivity index (χ0v) is 11.9. The molecular formula is C13H14INO2. The summed E-state index contributed by atoms with van der Waals surface area (Å²) in [5.74, 6) is 1.41. The highest BCUT2D eigenvalue weighted by molar-refractivity contribution is 5.32. The molecular weight excluding hydrogens is 329 g/mol. The molecule has 0 aliphatic carbocycles. The quantitative estimate of drug-likeness (QED) is 0.526. The Bertz CT molecular complexity index is 474. The van der Waals surface area contributed by atoms with E-state index in [9.17, 15) is 0 Å². The van der Waals surface area contributed by atoms with Crippen molar-refractivity contribution in [1.29, 1.82) is 0 Å². The monoisotopic (exact) mass is 343 g/mol. The van der Waals surface area contributed by atoms with Crippen molar-refractivity contribution in [3.05, 3.63) is 48.7 Å². The Morgan fingerprint density at radius 2 is 1.59 bits per heavy atom. The van der Waals surface area contributed by atoms with Crippen molar-refractivity contribution in [2.75, 3.05) is 14.2 Å². The predicted molar refractivity (Wildman–Crippen MR) is 61.1 cm³/mol. The van der Waals surface area contributed by atoms with Crippen molar-refractivity contribution in [3.63, 3.8) is 0 Å². The molecule has 1 aromatic heterocycles. The van der Waals surface area contributed by atoms with Gasteiger partial charge in [-0.25, -0.2) is 0 Å². The number of halogens is 1. The van der Waals surface area contributed by atoms with Crippen LogP contribution in [0.25, 0.3) is 5.69 Å². The number of pyridine rings is 1. The molecule has 0 saturated carbocycles. The molecule has 2 aromatic rings. The van der Waals surface area contributed by atoms with Gasteiger partial charge in [0.05, 0.1) is 14.2 Å². The molecule has 0 spiro atoms. The van der Waals surface area contributed by atoms with Gasteiger partial charge >= 0.3 is 5.88 Å². The highest BCUT2D eigenvalue weighted by Gasteiger charge is 2.19. The maximum absolute atomic E-state index is 5.36. The lowest BCUT2D eigenvalue weighted by atomic mass is 10.3. The molecule has 0 aliphatic rings. The number of ether oxygens (including phenoxy) is 2. The molecule has 0 N–H and O–H groups in total. The number of aromatic nitrogens is 1. The highest BCUT2D eigenvalue weighted by atomic mass is 127. The molecule has 0 aliphatic heterocycles. The number of nitrogens with zero attached hydrogens (tertiary/aromatic N) is 1. The number of methoxy groups -OCH3 is 2. The third kappa shape index (κ3) is 2.88. The van der Waals surface area contributed by atoms with Crippen LogP contribution in [0.2, 0.25) is 0 Å². The molecule has 3 nitrogen and oxygen atoms in total. The van der Waals surface area contributed by atoms with E-state index in [1.807, 2.05) is 53.2 Å². The molecule has 1 heterocycles. The van der Waals surface area contributed by atoms with E-state index in [4.69, 9.17) is 9.47 Å². The molecule has 1 aromatic carbocycles. The maximum Gasteiger partial charge on any atom is 0.417 e. The largest absolute Gasteiger partial charge is 1.00 e. The Kier molecular flexibility index (Phi) is 5.21. The van der Waals surface area contributed by atoms with Crippen molar-refractivity contribution in [3.8, 4) is 17.3 Å². The fraction of sp³-hybridized carbons (Fsp3) is 0.154. The summed E-state index contributed by atoms with van der Waals surface area (Å²) in [6, 6.07) is 13.8. The average molecular weight is 343 g/mol. The Balaban J connectivity index is 0.00000144. The van der Waals surface area contributed by atoms with Crippen molar-refractivity contribution >= 4 is 0 Å². The molecule has 0 saturated heterocycles.